The third-order valence-electron chi connectivity index (χ3n) is 7.10. The predicted octanol–water partition coefficient (Wildman–Crippen LogP) is 6.50. The highest BCUT2D eigenvalue weighted by atomic mass is 16.3. The van der Waals surface area contributed by atoms with Gasteiger partial charge >= 0.3 is 0 Å². The molecule has 0 spiro atoms. The van der Waals surface area contributed by atoms with Crippen molar-refractivity contribution in [3.8, 4) is 0 Å². The van der Waals surface area contributed by atoms with E-state index in [2.05, 4.69) is 64.2 Å². The highest BCUT2D eigenvalue weighted by Gasteiger charge is 2.37. The molecule has 0 saturated heterocycles. The molecule has 0 saturated carbocycles. The van der Waals surface area contributed by atoms with Gasteiger partial charge in [-0.2, -0.15) is 0 Å². The number of nitrogens with one attached hydrogen (secondary N) is 1. The van der Waals surface area contributed by atoms with Gasteiger partial charge in [0.15, 0.2) is 5.76 Å². The van der Waals surface area contributed by atoms with Crippen molar-refractivity contribution < 1.29 is 9.21 Å². The summed E-state index contributed by atoms with van der Waals surface area (Å²) in [5, 5.41) is 2.96. The zero-order valence-corrected chi connectivity index (χ0v) is 20.0. The van der Waals surface area contributed by atoms with Crippen LogP contribution >= 0.6 is 0 Å². The molecule has 0 atom stereocenters. The molecule has 32 heavy (non-hydrogen) atoms. The molecule has 1 aliphatic carbocycles. The molecule has 2 aromatic carbocycles. The van der Waals surface area contributed by atoms with E-state index in [0.717, 1.165) is 12.2 Å². The number of rotatable bonds is 6. The summed E-state index contributed by atoms with van der Waals surface area (Å²) in [4.78, 5) is 12.5. The minimum Gasteiger partial charge on any atom is -0.456 e. The summed E-state index contributed by atoms with van der Waals surface area (Å²) >= 11 is 0. The van der Waals surface area contributed by atoms with Crippen LogP contribution in [0.1, 0.15) is 84.7 Å². The van der Waals surface area contributed by atoms with Crippen LogP contribution in [0.2, 0.25) is 0 Å². The molecule has 1 aromatic heterocycles. The van der Waals surface area contributed by atoms with Gasteiger partial charge in [0.25, 0.3) is 5.91 Å². The molecule has 1 aliphatic rings. The molecule has 0 unspecified atom stereocenters. The zero-order valence-electron chi connectivity index (χ0n) is 20.0. The van der Waals surface area contributed by atoms with E-state index in [1.165, 1.54) is 40.7 Å². The Kier molecular flexibility index (Phi) is 6.03. The van der Waals surface area contributed by atoms with Crippen molar-refractivity contribution >= 4 is 5.91 Å². The average Bonchev–Trinajstić information content (AvgIpc) is 3.22. The van der Waals surface area contributed by atoms with Gasteiger partial charge in [0, 0.05) is 13.0 Å². The summed E-state index contributed by atoms with van der Waals surface area (Å²) in [5.41, 5.74) is 7.11. The van der Waals surface area contributed by atoms with Crippen LogP contribution in [-0.4, -0.2) is 12.5 Å². The summed E-state index contributed by atoms with van der Waals surface area (Å²) in [5.74, 6) is 1.05. The average molecular weight is 430 g/mol. The molecule has 0 radical (unpaired) electrons. The van der Waals surface area contributed by atoms with Gasteiger partial charge in [-0.05, 0) is 77.0 Å². The van der Waals surface area contributed by atoms with E-state index in [0.29, 0.717) is 18.7 Å². The maximum Gasteiger partial charge on any atom is 0.287 e. The van der Waals surface area contributed by atoms with Crippen LogP contribution in [0.15, 0.2) is 59.0 Å². The quantitative estimate of drug-likeness (QED) is 0.486. The van der Waals surface area contributed by atoms with Gasteiger partial charge < -0.3 is 9.73 Å². The lowest BCUT2D eigenvalue weighted by molar-refractivity contribution is 0.0925. The number of aryl methyl sites for hydroxylation is 1. The number of carbonyl (C=O) groups is 1. The maximum atomic E-state index is 12.5. The van der Waals surface area contributed by atoms with Crippen LogP contribution in [0, 0.1) is 6.92 Å². The van der Waals surface area contributed by atoms with Crippen molar-refractivity contribution in [1.82, 2.24) is 5.32 Å². The molecule has 3 aromatic rings. The largest absolute Gasteiger partial charge is 0.456 e. The molecule has 0 aliphatic heterocycles. The predicted molar refractivity (Wildman–Crippen MR) is 130 cm³/mol. The number of amides is 1. The Balaban J connectivity index is 1.46. The monoisotopic (exact) mass is 429 g/mol. The summed E-state index contributed by atoms with van der Waals surface area (Å²) in [6.07, 6.45) is 3.92. The Labute approximate surface area is 192 Å². The molecule has 1 heterocycles. The van der Waals surface area contributed by atoms with Crippen LogP contribution < -0.4 is 5.32 Å². The van der Waals surface area contributed by atoms with E-state index >= 15 is 0 Å². The number of furan rings is 1. The highest BCUT2D eigenvalue weighted by molar-refractivity contribution is 5.91. The standard InChI is InChI=1S/C29H35NO2/c1-20-17-24-25(29(4,5)15-14-28(24,2)3)19-22(20)18-23-11-12-26(32-23)27(31)30-16-13-21-9-7-6-8-10-21/h6-12,17,19H,13-16,18H2,1-5H3,(H,30,31). The first kappa shape index (κ1) is 22.4. The Hall–Kier alpha value is -2.81. The van der Waals surface area contributed by atoms with Crippen molar-refractivity contribution in [2.24, 2.45) is 0 Å². The summed E-state index contributed by atoms with van der Waals surface area (Å²) in [6, 6.07) is 18.6. The molecular formula is C29H35NO2. The van der Waals surface area contributed by atoms with Crippen LogP contribution in [0.4, 0.5) is 0 Å². The fourth-order valence-corrected chi connectivity index (χ4v) is 4.79. The van der Waals surface area contributed by atoms with E-state index < -0.39 is 0 Å². The van der Waals surface area contributed by atoms with E-state index in [1.54, 1.807) is 6.07 Å². The van der Waals surface area contributed by atoms with E-state index in [1.807, 2.05) is 24.3 Å². The first-order valence-corrected chi connectivity index (χ1v) is 11.7. The number of fused-ring (bicyclic) bond motifs is 1. The van der Waals surface area contributed by atoms with Gasteiger partial charge in [0.05, 0.1) is 0 Å². The van der Waals surface area contributed by atoms with Crippen molar-refractivity contribution in [3.05, 3.63) is 93.9 Å². The molecule has 4 rings (SSSR count). The minimum atomic E-state index is -0.155. The van der Waals surface area contributed by atoms with Crippen LogP contribution in [-0.2, 0) is 23.7 Å². The minimum absolute atomic E-state index is 0.155. The second kappa shape index (κ2) is 8.61. The third kappa shape index (κ3) is 4.67. The normalized spacial score (nSPS) is 16.4. The van der Waals surface area contributed by atoms with Crippen LogP contribution in [0.5, 0.6) is 0 Å². The Morgan fingerprint density at radius 3 is 2.28 bits per heavy atom. The number of hydrogen-bond donors (Lipinski definition) is 1. The Morgan fingerprint density at radius 2 is 1.59 bits per heavy atom. The van der Waals surface area contributed by atoms with Crippen molar-refractivity contribution in [3.63, 3.8) is 0 Å². The molecule has 168 valence electrons. The topological polar surface area (TPSA) is 42.2 Å². The fourth-order valence-electron chi connectivity index (χ4n) is 4.79. The first-order chi connectivity index (χ1) is 15.2. The molecule has 1 amide bonds. The number of carbonyl (C=O) groups excluding carboxylic acids is 1. The molecular weight excluding hydrogens is 394 g/mol. The van der Waals surface area contributed by atoms with Crippen molar-refractivity contribution in [2.75, 3.05) is 6.54 Å². The molecule has 3 heteroatoms. The molecule has 0 fully saturated rings. The summed E-state index contributed by atoms with van der Waals surface area (Å²) < 4.78 is 5.93. The molecule has 1 N–H and O–H groups in total. The second-order valence-electron chi connectivity index (χ2n) is 10.5. The Morgan fingerprint density at radius 1 is 0.938 bits per heavy atom. The van der Waals surface area contributed by atoms with E-state index in [4.69, 9.17) is 4.42 Å². The first-order valence-electron chi connectivity index (χ1n) is 11.7. The summed E-state index contributed by atoms with van der Waals surface area (Å²) in [6.45, 7) is 12.2. The van der Waals surface area contributed by atoms with Gasteiger partial charge in [-0.3, -0.25) is 4.79 Å². The van der Waals surface area contributed by atoms with Gasteiger partial charge in [-0.15, -0.1) is 0 Å². The van der Waals surface area contributed by atoms with E-state index in [-0.39, 0.29) is 16.7 Å². The second-order valence-corrected chi connectivity index (χ2v) is 10.5. The SMILES string of the molecule is Cc1cc2c(cc1Cc1ccc(C(=O)NCCc3ccccc3)o1)C(C)(C)CCC2(C)C. The van der Waals surface area contributed by atoms with Gasteiger partial charge in [0.1, 0.15) is 5.76 Å². The lowest BCUT2D eigenvalue weighted by Crippen LogP contribution is -2.34. The van der Waals surface area contributed by atoms with Crippen LogP contribution in [0.25, 0.3) is 0 Å². The lowest BCUT2D eigenvalue weighted by Gasteiger charge is -2.42. The third-order valence-corrected chi connectivity index (χ3v) is 7.10. The lowest BCUT2D eigenvalue weighted by atomic mass is 9.62. The van der Waals surface area contributed by atoms with Gasteiger partial charge in [-0.1, -0.05) is 70.2 Å². The molecule has 0 bridgehead atoms. The Bertz CT molecular complexity index is 1110. The van der Waals surface area contributed by atoms with Gasteiger partial charge in [0.2, 0.25) is 0 Å². The highest BCUT2D eigenvalue weighted by Crippen LogP contribution is 2.46. The smallest absolute Gasteiger partial charge is 0.287 e. The van der Waals surface area contributed by atoms with Gasteiger partial charge in [-0.25, -0.2) is 0 Å². The van der Waals surface area contributed by atoms with Crippen molar-refractivity contribution in [1.29, 1.82) is 0 Å². The van der Waals surface area contributed by atoms with Crippen LogP contribution in [0.3, 0.4) is 0 Å². The molecule has 3 nitrogen and oxygen atoms in total. The fraction of sp³-hybridized carbons (Fsp3) is 0.414. The van der Waals surface area contributed by atoms with E-state index in [9.17, 15) is 4.79 Å². The maximum absolute atomic E-state index is 12.5. The number of benzene rings is 2. The zero-order chi connectivity index (χ0) is 22.9. The van der Waals surface area contributed by atoms with Crippen molar-refractivity contribution in [2.45, 2.75) is 71.1 Å². The number of hydrogen-bond acceptors (Lipinski definition) is 2. The summed E-state index contributed by atoms with van der Waals surface area (Å²) in [7, 11) is 0.